The van der Waals surface area contributed by atoms with E-state index in [2.05, 4.69) is 33.9 Å². The smallest absolute Gasteiger partial charge is 0.410 e. The van der Waals surface area contributed by atoms with E-state index in [9.17, 15) is 22.8 Å². The summed E-state index contributed by atoms with van der Waals surface area (Å²) < 4.78 is 37.5. The van der Waals surface area contributed by atoms with Crippen LogP contribution in [0.2, 0.25) is 18.1 Å². The van der Waals surface area contributed by atoms with Gasteiger partial charge in [0.25, 0.3) is 11.8 Å². The van der Waals surface area contributed by atoms with E-state index < -0.39 is 53.5 Å². The molecule has 0 spiro atoms. The van der Waals surface area contributed by atoms with Crippen LogP contribution in [0.4, 0.5) is 4.79 Å². The zero-order valence-electron chi connectivity index (χ0n) is 26.7. The average Bonchev–Trinajstić information content (AvgIpc) is 3.36. The van der Waals surface area contributed by atoms with Gasteiger partial charge in [-0.05, 0) is 63.2 Å². The number of rotatable bonds is 8. The van der Waals surface area contributed by atoms with Gasteiger partial charge in [0.1, 0.15) is 5.60 Å². The van der Waals surface area contributed by atoms with E-state index in [0.717, 1.165) is 0 Å². The first-order valence-corrected chi connectivity index (χ1v) is 20.0. The van der Waals surface area contributed by atoms with Crippen molar-refractivity contribution in [3.05, 3.63) is 59.7 Å². The Morgan fingerprint density at radius 1 is 1.00 bits per heavy atom. The van der Waals surface area contributed by atoms with E-state index in [1.165, 1.54) is 22.7 Å². The summed E-state index contributed by atoms with van der Waals surface area (Å²) in [5.74, 6) is -0.490. The van der Waals surface area contributed by atoms with Gasteiger partial charge in [-0.1, -0.05) is 45.0 Å². The van der Waals surface area contributed by atoms with E-state index in [0.29, 0.717) is 28.2 Å². The fourth-order valence-electron chi connectivity index (χ4n) is 5.30. The number of likely N-dealkylation sites (tertiary alicyclic amines) is 1. The molecule has 0 aliphatic carbocycles. The van der Waals surface area contributed by atoms with Crippen molar-refractivity contribution in [1.82, 2.24) is 9.80 Å². The van der Waals surface area contributed by atoms with Crippen molar-refractivity contribution < 1.29 is 32.0 Å². The molecule has 2 aromatic rings. The molecule has 10 nitrogen and oxygen atoms in total. The molecule has 1 saturated heterocycles. The number of hydrogen-bond donors (Lipinski definition) is 1. The minimum atomic E-state index is -3.98. The molecular formula is C31H43N3O7S2Si. The summed E-state index contributed by atoms with van der Waals surface area (Å²) >= 11 is 1.27. The SMILES string of the molecule is CC(C)(C)OC(=O)N1C[C@@](CN2C(=O)c3ccccc3C2=O)(O[Si](C)(C)C(C)(C)C)C[C@H]1CSc1ccccc1S(N)(=O)=O. The molecule has 44 heavy (non-hydrogen) atoms. The van der Waals surface area contributed by atoms with E-state index in [-0.39, 0.29) is 23.0 Å². The summed E-state index contributed by atoms with van der Waals surface area (Å²) in [4.78, 5) is 44.0. The van der Waals surface area contributed by atoms with E-state index in [4.69, 9.17) is 14.3 Å². The number of nitrogens with zero attached hydrogens (tertiary/aromatic N) is 2. The van der Waals surface area contributed by atoms with Gasteiger partial charge in [0.2, 0.25) is 10.0 Å². The third-order valence-corrected chi connectivity index (χ3v) is 15.2. The van der Waals surface area contributed by atoms with Crippen LogP contribution in [0.1, 0.15) is 68.7 Å². The molecular weight excluding hydrogens is 619 g/mol. The summed E-state index contributed by atoms with van der Waals surface area (Å²) in [6, 6.07) is 12.7. The number of thioether (sulfide) groups is 1. The summed E-state index contributed by atoms with van der Waals surface area (Å²) in [6.07, 6.45) is -0.248. The van der Waals surface area contributed by atoms with Gasteiger partial charge in [0.05, 0.1) is 34.7 Å². The molecule has 0 radical (unpaired) electrons. The van der Waals surface area contributed by atoms with E-state index >= 15 is 0 Å². The second-order valence-corrected chi connectivity index (χ2v) is 21.4. The average molecular weight is 662 g/mol. The molecule has 4 rings (SSSR count). The first kappa shape index (κ1) is 34.2. The number of primary sulfonamides is 1. The Bertz CT molecular complexity index is 1530. The Kier molecular flexibility index (Phi) is 9.24. The number of carbonyl (C=O) groups excluding carboxylic acids is 3. The lowest BCUT2D eigenvalue weighted by Gasteiger charge is -2.45. The number of amides is 3. The Balaban J connectivity index is 1.74. The van der Waals surface area contributed by atoms with Crippen molar-refractivity contribution in [2.24, 2.45) is 5.14 Å². The van der Waals surface area contributed by atoms with Crippen LogP contribution < -0.4 is 5.14 Å². The van der Waals surface area contributed by atoms with Crippen LogP contribution in [-0.4, -0.2) is 80.5 Å². The van der Waals surface area contributed by atoms with Crippen LogP contribution in [0, 0.1) is 0 Å². The largest absolute Gasteiger partial charge is 0.444 e. The number of sulfonamides is 1. The van der Waals surface area contributed by atoms with Gasteiger partial charge in [-0.25, -0.2) is 18.4 Å². The van der Waals surface area contributed by atoms with Gasteiger partial charge in [-0.3, -0.25) is 14.5 Å². The lowest BCUT2D eigenvalue weighted by molar-refractivity contribution is 0.00816. The lowest BCUT2D eigenvalue weighted by Crippen LogP contribution is -2.57. The maximum atomic E-state index is 13.7. The first-order valence-electron chi connectivity index (χ1n) is 14.5. The Labute approximate surface area is 265 Å². The van der Waals surface area contributed by atoms with Gasteiger partial charge in [-0.15, -0.1) is 11.8 Å². The second-order valence-electron chi connectivity index (χ2n) is 14.1. The fourth-order valence-corrected chi connectivity index (χ4v) is 9.10. The number of fused-ring (bicyclic) bond motifs is 1. The van der Waals surface area contributed by atoms with E-state index in [1.54, 1.807) is 68.1 Å². The number of carbonyl (C=O) groups is 3. The van der Waals surface area contributed by atoms with Crippen molar-refractivity contribution in [2.75, 3.05) is 18.8 Å². The maximum Gasteiger partial charge on any atom is 0.410 e. The van der Waals surface area contributed by atoms with Crippen molar-refractivity contribution in [3.8, 4) is 0 Å². The molecule has 13 heteroatoms. The molecule has 2 heterocycles. The van der Waals surface area contributed by atoms with Crippen LogP contribution in [0.15, 0.2) is 58.3 Å². The number of imide groups is 1. The molecule has 240 valence electrons. The minimum Gasteiger partial charge on any atom is -0.444 e. The molecule has 2 atom stereocenters. The van der Waals surface area contributed by atoms with Crippen LogP contribution in [0.3, 0.4) is 0 Å². The van der Waals surface area contributed by atoms with Crippen LogP contribution in [0.25, 0.3) is 0 Å². The Hall–Kier alpha value is -2.71. The van der Waals surface area contributed by atoms with Crippen LogP contribution in [0.5, 0.6) is 0 Å². The molecule has 2 aliphatic heterocycles. The van der Waals surface area contributed by atoms with Crippen molar-refractivity contribution in [2.45, 2.75) is 93.1 Å². The van der Waals surface area contributed by atoms with Gasteiger partial charge in [0, 0.05) is 23.1 Å². The highest BCUT2D eigenvalue weighted by molar-refractivity contribution is 8.00. The predicted octanol–water partition coefficient (Wildman–Crippen LogP) is 5.49. The molecule has 2 aliphatic rings. The topological polar surface area (TPSA) is 136 Å². The molecule has 1 fully saturated rings. The third-order valence-electron chi connectivity index (χ3n) is 8.32. The van der Waals surface area contributed by atoms with Crippen LogP contribution in [-0.2, 0) is 19.2 Å². The molecule has 0 bridgehead atoms. The van der Waals surface area contributed by atoms with Crippen molar-refractivity contribution >= 4 is 48.0 Å². The molecule has 0 unspecified atom stereocenters. The number of nitrogens with two attached hydrogens (primary N) is 1. The van der Waals surface area contributed by atoms with Gasteiger partial charge >= 0.3 is 6.09 Å². The number of benzene rings is 2. The minimum absolute atomic E-state index is 0.00151. The maximum absolute atomic E-state index is 13.7. The van der Waals surface area contributed by atoms with Crippen molar-refractivity contribution in [1.29, 1.82) is 0 Å². The third kappa shape index (κ3) is 7.22. The standard InChI is InChI=1S/C31H43N3O7S2Si/c1-29(2,3)40-28(37)33-19-31(41-44(7,8)30(4,5)6,20-34-26(35)22-13-9-10-14-23(22)27(34)36)17-21(33)18-42-24-15-11-12-16-25(24)43(32,38)39/h9-16,21H,17-20H2,1-8H3,(H2,32,38,39)/t21-,31-/m0/s1. The predicted molar refractivity (Wildman–Crippen MR) is 173 cm³/mol. The fraction of sp³-hybridized carbons (Fsp3) is 0.516. The molecule has 3 amide bonds. The van der Waals surface area contributed by atoms with Gasteiger partial charge in [0.15, 0.2) is 8.32 Å². The number of hydrogen-bond acceptors (Lipinski definition) is 8. The molecule has 0 aromatic heterocycles. The number of ether oxygens (including phenoxy) is 1. The summed E-state index contributed by atoms with van der Waals surface area (Å²) in [6.45, 7) is 15.9. The highest BCUT2D eigenvalue weighted by atomic mass is 32.2. The molecule has 2 N–H and O–H groups in total. The first-order chi connectivity index (χ1) is 20.1. The highest BCUT2D eigenvalue weighted by Crippen LogP contribution is 2.45. The zero-order valence-corrected chi connectivity index (χ0v) is 29.3. The van der Waals surface area contributed by atoms with Gasteiger partial charge < -0.3 is 14.1 Å². The van der Waals surface area contributed by atoms with E-state index in [1.807, 2.05) is 0 Å². The quantitative estimate of drug-likeness (QED) is 0.223. The Morgan fingerprint density at radius 3 is 2.07 bits per heavy atom. The normalized spacial score (nSPS) is 21.2. The van der Waals surface area contributed by atoms with Crippen molar-refractivity contribution in [3.63, 3.8) is 0 Å². The summed E-state index contributed by atoms with van der Waals surface area (Å²) in [5.41, 5.74) is -1.18. The second kappa shape index (κ2) is 11.9. The van der Waals surface area contributed by atoms with Gasteiger partial charge in [-0.2, -0.15) is 0 Å². The summed E-state index contributed by atoms with van der Waals surface area (Å²) in [7, 11) is -6.51. The zero-order chi connectivity index (χ0) is 32.9. The summed E-state index contributed by atoms with van der Waals surface area (Å²) in [5, 5.41) is 5.27. The van der Waals surface area contributed by atoms with Crippen LogP contribution >= 0.6 is 11.8 Å². The highest BCUT2D eigenvalue weighted by Gasteiger charge is 2.55. The Morgan fingerprint density at radius 2 is 1.55 bits per heavy atom. The molecule has 0 saturated carbocycles. The lowest BCUT2D eigenvalue weighted by atomic mass is 10.00. The monoisotopic (exact) mass is 661 g/mol. The molecule has 2 aromatic carbocycles.